The SMILES string of the molecule is O=C(NCc1ccc(Br)cc1)Nc1ccc(F)c(Cl)c1. The second-order valence-corrected chi connectivity index (χ2v) is 5.39. The van der Waals surface area contributed by atoms with Gasteiger partial charge in [-0.2, -0.15) is 0 Å². The molecule has 3 nitrogen and oxygen atoms in total. The molecule has 0 spiro atoms. The predicted molar refractivity (Wildman–Crippen MR) is 81.4 cm³/mol. The third kappa shape index (κ3) is 4.21. The van der Waals surface area contributed by atoms with Gasteiger partial charge in [0.25, 0.3) is 0 Å². The third-order valence-electron chi connectivity index (χ3n) is 2.54. The maximum Gasteiger partial charge on any atom is 0.319 e. The summed E-state index contributed by atoms with van der Waals surface area (Å²) in [7, 11) is 0. The summed E-state index contributed by atoms with van der Waals surface area (Å²) in [4.78, 5) is 11.7. The summed E-state index contributed by atoms with van der Waals surface area (Å²) in [5, 5.41) is 5.25. The van der Waals surface area contributed by atoms with E-state index in [1.165, 1.54) is 18.2 Å². The molecule has 104 valence electrons. The zero-order chi connectivity index (χ0) is 14.5. The minimum absolute atomic E-state index is 0.0318. The summed E-state index contributed by atoms with van der Waals surface area (Å²) in [6, 6.07) is 11.2. The highest BCUT2D eigenvalue weighted by Crippen LogP contribution is 2.19. The molecule has 2 N–H and O–H groups in total. The minimum atomic E-state index is -0.521. The van der Waals surface area contributed by atoms with Crippen molar-refractivity contribution < 1.29 is 9.18 Å². The van der Waals surface area contributed by atoms with Crippen LogP contribution in [0.4, 0.5) is 14.9 Å². The Morgan fingerprint density at radius 2 is 1.90 bits per heavy atom. The fourth-order valence-corrected chi connectivity index (χ4v) is 1.98. The first-order valence-electron chi connectivity index (χ1n) is 5.79. The van der Waals surface area contributed by atoms with Crippen molar-refractivity contribution in [1.82, 2.24) is 5.32 Å². The monoisotopic (exact) mass is 356 g/mol. The summed E-state index contributed by atoms with van der Waals surface area (Å²) in [6.45, 7) is 0.397. The van der Waals surface area contributed by atoms with Crippen LogP contribution in [-0.4, -0.2) is 6.03 Å². The minimum Gasteiger partial charge on any atom is -0.334 e. The van der Waals surface area contributed by atoms with Crippen LogP contribution in [0.3, 0.4) is 0 Å². The van der Waals surface area contributed by atoms with Crippen LogP contribution in [0.25, 0.3) is 0 Å². The first-order valence-corrected chi connectivity index (χ1v) is 6.96. The van der Waals surface area contributed by atoms with Gasteiger partial charge in [-0.15, -0.1) is 0 Å². The second-order valence-electron chi connectivity index (χ2n) is 4.06. The fraction of sp³-hybridized carbons (Fsp3) is 0.0714. The molecule has 0 bridgehead atoms. The number of urea groups is 1. The standard InChI is InChI=1S/C14H11BrClFN2O/c15-10-3-1-9(2-4-10)8-18-14(20)19-11-5-6-13(17)12(16)7-11/h1-7H,8H2,(H2,18,19,20). The van der Waals surface area contributed by atoms with E-state index in [4.69, 9.17) is 11.6 Å². The summed E-state index contributed by atoms with van der Waals surface area (Å²) < 4.78 is 14.0. The lowest BCUT2D eigenvalue weighted by atomic mass is 10.2. The van der Waals surface area contributed by atoms with Crippen molar-refractivity contribution in [2.24, 2.45) is 0 Å². The Morgan fingerprint density at radius 1 is 1.20 bits per heavy atom. The molecule has 0 fully saturated rings. The Balaban J connectivity index is 1.89. The van der Waals surface area contributed by atoms with Crippen molar-refractivity contribution in [1.29, 1.82) is 0 Å². The number of amides is 2. The van der Waals surface area contributed by atoms with Crippen LogP contribution < -0.4 is 10.6 Å². The highest BCUT2D eigenvalue weighted by atomic mass is 79.9. The Kier molecular flexibility index (Phi) is 4.98. The van der Waals surface area contributed by atoms with Gasteiger partial charge in [0.05, 0.1) is 5.02 Å². The molecule has 6 heteroatoms. The van der Waals surface area contributed by atoms with Crippen LogP contribution in [0.2, 0.25) is 5.02 Å². The molecule has 0 radical (unpaired) electrons. The Hall–Kier alpha value is -1.59. The van der Waals surface area contributed by atoms with Gasteiger partial charge in [0.2, 0.25) is 0 Å². The van der Waals surface area contributed by atoms with E-state index < -0.39 is 5.82 Å². The van der Waals surface area contributed by atoms with Gasteiger partial charge in [0.1, 0.15) is 5.82 Å². The molecular formula is C14H11BrClFN2O. The largest absolute Gasteiger partial charge is 0.334 e. The van der Waals surface area contributed by atoms with Gasteiger partial charge in [-0.05, 0) is 35.9 Å². The molecule has 2 aromatic carbocycles. The molecule has 0 aliphatic rings. The normalized spacial score (nSPS) is 10.2. The molecule has 0 atom stereocenters. The molecule has 0 aromatic heterocycles. The fourth-order valence-electron chi connectivity index (χ4n) is 1.53. The molecule has 0 saturated carbocycles. The summed E-state index contributed by atoms with van der Waals surface area (Å²) >= 11 is 8.97. The molecule has 20 heavy (non-hydrogen) atoms. The van der Waals surface area contributed by atoms with Gasteiger partial charge in [-0.1, -0.05) is 39.7 Å². The predicted octanol–water partition coefficient (Wildman–Crippen LogP) is 4.56. The molecule has 2 rings (SSSR count). The van der Waals surface area contributed by atoms with Gasteiger partial charge in [-0.25, -0.2) is 9.18 Å². The number of anilines is 1. The van der Waals surface area contributed by atoms with E-state index in [1.807, 2.05) is 24.3 Å². The van der Waals surface area contributed by atoms with E-state index in [9.17, 15) is 9.18 Å². The van der Waals surface area contributed by atoms with E-state index >= 15 is 0 Å². The second kappa shape index (κ2) is 6.72. The van der Waals surface area contributed by atoms with Crippen LogP contribution >= 0.6 is 27.5 Å². The quantitative estimate of drug-likeness (QED) is 0.830. The molecule has 2 amide bonds. The van der Waals surface area contributed by atoms with Crippen molar-refractivity contribution in [2.75, 3.05) is 5.32 Å². The zero-order valence-corrected chi connectivity index (χ0v) is 12.6. The highest BCUT2D eigenvalue weighted by molar-refractivity contribution is 9.10. The average molecular weight is 358 g/mol. The van der Waals surface area contributed by atoms with E-state index in [2.05, 4.69) is 26.6 Å². The number of benzene rings is 2. The van der Waals surface area contributed by atoms with Crippen molar-refractivity contribution >= 4 is 39.2 Å². The Morgan fingerprint density at radius 3 is 2.55 bits per heavy atom. The van der Waals surface area contributed by atoms with Crippen molar-refractivity contribution in [3.05, 3.63) is 63.3 Å². The zero-order valence-electron chi connectivity index (χ0n) is 10.3. The van der Waals surface area contributed by atoms with Gasteiger partial charge in [0, 0.05) is 16.7 Å². The van der Waals surface area contributed by atoms with Crippen LogP contribution in [0.1, 0.15) is 5.56 Å². The van der Waals surface area contributed by atoms with E-state index in [0.29, 0.717) is 12.2 Å². The first-order chi connectivity index (χ1) is 9.54. The maximum atomic E-state index is 13.0. The number of carbonyl (C=O) groups excluding carboxylic acids is 1. The van der Waals surface area contributed by atoms with Crippen molar-refractivity contribution in [3.8, 4) is 0 Å². The number of halogens is 3. The Bertz CT molecular complexity index is 619. The number of nitrogens with one attached hydrogen (secondary N) is 2. The number of hydrogen-bond donors (Lipinski definition) is 2. The van der Waals surface area contributed by atoms with Gasteiger partial charge in [-0.3, -0.25) is 0 Å². The lowest BCUT2D eigenvalue weighted by Gasteiger charge is -2.08. The van der Waals surface area contributed by atoms with Crippen molar-refractivity contribution in [2.45, 2.75) is 6.54 Å². The van der Waals surface area contributed by atoms with Gasteiger partial charge >= 0.3 is 6.03 Å². The van der Waals surface area contributed by atoms with E-state index in [0.717, 1.165) is 10.0 Å². The lowest BCUT2D eigenvalue weighted by molar-refractivity contribution is 0.251. The first kappa shape index (κ1) is 14.8. The Labute approximate surface area is 129 Å². The van der Waals surface area contributed by atoms with Gasteiger partial charge in [0.15, 0.2) is 0 Å². The van der Waals surface area contributed by atoms with Crippen LogP contribution in [0.15, 0.2) is 46.9 Å². The number of hydrogen-bond acceptors (Lipinski definition) is 1. The molecule has 0 saturated heterocycles. The lowest BCUT2D eigenvalue weighted by Crippen LogP contribution is -2.28. The van der Waals surface area contributed by atoms with Gasteiger partial charge < -0.3 is 10.6 Å². The molecule has 0 aliphatic heterocycles. The van der Waals surface area contributed by atoms with Crippen LogP contribution in [0, 0.1) is 5.82 Å². The molecule has 0 aliphatic carbocycles. The summed E-state index contributed by atoms with van der Waals surface area (Å²) in [5.74, 6) is -0.521. The number of carbonyl (C=O) groups is 1. The topological polar surface area (TPSA) is 41.1 Å². The third-order valence-corrected chi connectivity index (χ3v) is 3.36. The smallest absolute Gasteiger partial charge is 0.319 e. The average Bonchev–Trinajstić information content (AvgIpc) is 2.42. The van der Waals surface area contributed by atoms with E-state index in [-0.39, 0.29) is 11.1 Å². The van der Waals surface area contributed by atoms with Crippen LogP contribution in [0.5, 0.6) is 0 Å². The molecule has 0 unspecified atom stereocenters. The molecule has 0 heterocycles. The van der Waals surface area contributed by atoms with Crippen molar-refractivity contribution in [3.63, 3.8) is 0 Å². The highest BCUT2D eigenvalue weighted by Gasteiger charge is 2.04. The maximum absolute atomic E-state index is 13.0. The molecule has 2 aromatic rings. The number of rotatable bonds is 3. The summed E-state index contributed by atoms with van der Waals surface area (Å²) in [5.41, 5.74) is 1.41. The molecular weight excluding hydrogens is 347 g/mol. The van der Waals surface area contributed by atoms with Crippen LogP contribution in [-0.2, 0) is 6.54 Å². The van der Waals surface area contributed by atoms with E-state index in [1.54, 1.807) is 0 Å². The summed E-state index contributed by atoms with van der Waals surface area (Å²) in [6.07, 6.45) is 0.